The minimum Gasteiger partial charge on any atom is -0.382 e. The second kappa shape index (κ2) is 8.22. The average molecular weight is 429 g/mol. The van der Waals surface area contributed by atoms with Gasteiger partial charge in [-0.1, -0.05) is 18.2 Å². The van der Waals surface area contributed by atoms with Gasteiger partial charge in [0.05, 0.1) is 17.3 Å². The van der Waals surface area contributed by atoms with Gasteiger partial charge in [0, 0.05) is 34.6 Å². The number of nitrogens with one attached hydrogen (secondary N) is 1. The van der Waals surface area contributed by atoms with Crippen LogP contribution in [0.15, 0.2) is 53.3 Å². The summed E-state index contributed by atoms with van der Waals surface area (Å²) < 4.78 is 3.46. The van der Waals surface area contributed by atoms with Crippen LogP contribution < -0.4 is 10.9 Å². The standard InChI is InChI=1S/C25H28N6O/c1-16-15-23(21-6-4-5-7-22(21)26-16)27-19-8-10-20(11-9-19)31-25(32)13-12-24(29-31)30-18(3)14-17(2)28-30/h4-7,12-15,19-20H,8-11H2,1-3H3,(H,26,27). The van der Waals surface area contributed by atoms with Crippen LogP contribution in [0.5, 0.6) is 0 Å². The van der Waals surface area contributed by atoms with E-state index in [1.807, 2.05) is 32.9 Å². The van der Waals surface area contributed by atoms with Gasteiger partial charge in [0.25, 0.3) is 5.56 Å². The molecule has 7 heteroatoms. The normalized spacial score (nSPS) is 18.7. The van der Waals surface area contributed by atoms with E-state index in [4.69, 9.17) is 0 Å². The van der Waals surface area contributed by atoms with E-state index in [1.54, 1.807) is 21.5 Å². The second-order valence-corrected chi connectivity index (χ2v) is 8.79. The molecule has 3 aromatic heterocycles. The fourth-order valence-corrected chi connectivity index (χ4v) is 4.76. The summed E-state index contributed by atoms with van der Waals surface area (Å²) in [4.78, 5) is 17.2. The first-order valence-electron chi connectivity index (χ1n) is 11.2. The molecule has 0 amide bonds. The van der Waals surface area contributed by atoms with E-state index in [0.29, 0.717) is 11.9 Å². The monoisotopic (exact) mass is 428 g/mol. The zero-order valence-corrected chi connectivity index (χ0v) is 18.7. The fourth-order valence-electron chi connectivity index (χ4n) is 4.76. The first kappa shape index (κ1) is 20.4. The average Bonchev–Trinajstić information content (AvgIpc) is 3.12. The topological polar surface area (TPSA) is 77.6 Å². The third-order valence-electron chi connectivity index (χ3n) is 6.28. The van der Waals surface area contributed by atoms with E-state index in [1.165, 1.54) is 0 Å². The lowest BCUT2D eigenvalue weighted by molar-refractivity contribution is 0.303. The molecule has 5 rings (SSSR count). The summed E-state index contributed by atoms with van der Waals surface area (Å²) >= 11 is 0. The Morgan fingerprint density at radius 2 is 1.69 bits per heavy atom. The number of aromatic nitrogens is 5. The first-order chi connectivity index (χ1) is 15.5. The smallest absolute Gasteiger partial charge is 0.267 e. The van der Waals surface area contributed by atoms with Gasteiger partial charge in [0.1, 0.15) is 0 Å². The summed E-state index contributed by atoms with van der Waals surface area (Å²) in [5, 5.41) is 14.1. The van der Waals surface area contributed by atoms with Crippen LogP contribution in [0.3, 0.4) is 0 Å². The van der Waals surface area contributed by atoms with Gasteiger partial charge in [-0.15, -0.1) is 5.10 Å². The van der Waals surface area contributed by atoms with Gasteiger partial charge in [0.15, 0.2) is 5.82 Å². The third-order valence-corrected chi connectivity index (χ3v) is 6.28. The number of nitrogens with zero attached hydrogens (tertiary/aromatic N) is 5. The molecular formula is C25H28N6O. The van der Waals surface area contributed by atoms with Crippen LogP contribution >= 0.6 is 0 Å². The summed E-state index contributed by atoms with van der Waals surface area (Å²) in [5.74, 6) is 0.689. The molecule has 1 saturated carbocycles. The number of anilines is 1. The maximum atomic E-state index is 12.6. The molecular weight excluding hydrogens is 400 g/mol. The number of benzene rings is 1. The lowest BCUT2D eigenvalue weighted by Gasteiger charge is -2.30. The van der Waals surface area contributed by atoms with Gasteiger partial charge in [-0.3, -0.25) is 9.78 Å². The Hall–Kier alpha value is -3.48. The molecule has 0 saturated heterocycles. The van der Waals surface area contributed by atoms with E-state index in [0.717, 1.165) is 59.4 Å². The molecule has 0 aliphatic heterocycles. The molecule has 164 valence electrons. The molecule has 1 fully saturated rings. The predicted molar refractivity (Wildman–Crippen MR) is 126 cm³/mol. The minimum atomic E-state index is -0.0533. The number of hydrogen-bond donors (Lipinski definition) is 1. The summed E-state index contributed by atoms with van der Waals surface area (Å²) in [6.07, 6.45) is 3.79. The van der Waals surface area contributed by atoms with Crippen molar-refractivity contribution in [3.05, 3.63) is 76.0 Å². The molecule has 7 nitrogen and oxygen atoms in total. The van der Waals surface area contributed by atoms with E-state index in [2.05, 4.69) is 44.8 Å². The highest BCUT2D eigenvalue weighted by Gasteiger charge is 2.24. The van der Waals surface area contributed by atoms with Crippen molar-refractivity contribution in [2.45, 2.75) is 58.5 Å². The highest BCUT2D eigenvalue weighted by atomic mass is 16.1. The van der Waals surface area contributed by atoms with Crippen LogP contribution in [0.2, 0.25) is 0 Å². The molecule has 0 bridgehead atoms. The van der Waals surface area contributed by atoms with Crippen LogP contribution in [-0.2, 0) is 0 Å². The van der Waals surface area contributed by atoms with E-state index < -0.39 is 0 Å². The molecule has 0 radical (unpaired) electrons. The van der Waals surface area contributed by atoms with Crippen LogP contribution in [0.4, 0.5) is 5.69 Å². The quantitative estimate of drug-likeness (QED) is 0.518. The fraction of sp³-hybridized carbons (Fsp3) is 0.360. The summed E-state index contributed by atoms with van der Waals surface area (Å²) in [7, 11) is 0. The first-order valence-corrected chi connectivity index (χ1v) is 11.2. The number of hydrogen-bond acceptors (Lipinski definition) is 5. The maximum absolute atomic E-state index is 12.6. The zero-order valence-electron chi connectivity index (χ0n) is 18.7. The van der Waals surface area contributed by atoms with Crippen molar-refractivity contribution in [3.63, 3.8) is 0 Å². The van der Waals surface area contributed by atoms with Gasteiger partial charge in [-0.25, -0.2) is 9.36 Å². The number of pyridine rings is 1. The Kier molecular flexibility index (Phi) is 5.25. The third kappa shape index (κ3) is 3.90. The molecule has 1 aliphatic rings. The maximum Gasteiger partial charge on any atom is 0.267 e. The van der Waals surface area contributed by atoms with Crippen LogP contribution in [0.1, 0.15) is 48.8 Å². The van der Waals surface area contributed by atoms with Crippen molar-refractivity contribution in [1.29, 1.82) is 0 Å². The van der Waals surface area contributed by atoms with Crippen LogP contribution in [-0.4, -0.2) is 30.6 Å². The molecule has 0 spiro atoms. The summed E-state index contributed by atoms with van der Waals surface area (Å²) in [6, 6.07) is 16.2. The number of rotatable bonds is 4. The minimum absolute atomic E-state index is 0.0533. The summed E-state index contributed by atoms with van der Waals surface area (Å²) in [5.41, 5.74) is 5.05. The lowest BCUT2D eigenvalue weighted by Crippen LogP contribution is -2.33. The summed E-state index contributed by atoms with van der Waals surface area (Å²) in [6.45, 7) is 5.99. The Morgan fingerprint density at radius 3 is 2.44 bits per heavy atom. The van der Waals surface area contributed by atoms with Crippen LogP contribution in [0.25, 0.3) is 16.7 Å². The van der Waals surface area contributed by atoms with Crippen LogP contribution in [0, 0.1) is 20.8 Å². The van der Waals surface area contributed by atoms with E-state index >= 15 is 0 Å². The second-order valence-electron chi connectivity index (χ2n) is 8.79. The largest absolute Gasteiger partial charge is 0.382 e. The van der Waals surface area contributed by atoms with Crippen molar-refractivity contribution in [2.75, 3.05) is 5.32 Å². The number of fused-ring (bicyclic) bond motifs is 1. The molecule has 4 aromatic rings. The van der Waals surface area contributed by atoms with Crippen molar-refractivity contribution < 1.29 is 0 Å². The molecule has 3 heterocycles. The van der Waals surface area contributed by atoms with Gasteiger partial charge in [-0.05, 0) is 70.7 Å². The molecule has 1 aromatic carbocycles. The Labute approximate surface area is 187 Å². The van der Waals surface area contributed by atoms with Crippen molar-refractivity contribution in [1.82, 2.24) is 24.5 Å². The zero-order chi connectivity index (χ0) is 22.2. The molecule has 0 unspecified atom stereocenters. The highest BCUT2D eigenvalue weighted by molar-refractivity contribution is 5.91. The molecule has 1 aliphatic carbocycles. The SMILES string of the molecule is Cc1cc(NC2CCC(n3nc(-n4nc(C)cc4C)ccc3=O)CC2)c2ccccc2n1. The van der Waals surface area contributed by atoms with Gasteiger partial charge < -0.3 is 5.32 Å². The predicted octanol–water partition coefficient (Wildman–Crippen LogP) is 4.50. The Bertz CT molecular complexity index is 1330. The van der Waals surface area contributed by atoms with E-state index in [9.17, 15) is 4.79 Å². The van der Waals surface area contributed by atoms with Gasteiger partial charge in [0.2, 0.25) is 0 Å². The van der Waals surface area contributed by atoms with Crippen molar-refractivity contribution in [2.24, 2.45) is 0 Å². The van der Waals surface area contributed by atoms with Crippen molar-refractivity contribution in [3.8, 4) is 5.82 Å². The molecule has 1 N–H and O–H groups in total. The Balaban J connectivity index is 1.33. The van der Waals surface area contributed by atoms with Crippen molar-refractivity contribution >= 4 is 16.6 Å². The molecule has 32 heavy (non-hydrogen) atoms. The molecule has 0 atom stereocenters. The number of para-hydroxylation sites is 1. The van der Waals surface area contributed by atoms with Gasteiger partial charge in [-0.2, -0.15) is 5.10 Å². The number of aryl methyl sites for hydroxylation is 3. The van der Waals surface area contributed by atoms with Gasteiger partial charge >= 0.3 is 0 Å². The Morgan fingerprint density at radius 1 is 0.906 bits per heavy atom. The lowest BCUT2D eigenvalue weighted by atomic mass is 9.91. The highest BCUT2D eigenvalue weighted by Crippen LogP contribution is 2.31. The van der Waals surface area contributed by atoms with E-state index in [-0.39, 0.29) is 11.6 Å².